The molecule has 0 saturated heterocycles. The lowest BCUT2D eigenvalue weighted by Crippen LogP contribution is -2.29. The molecule has 0 bridgehead atoms. The van der Waals surface area contributed by atoms with E-state index >= 15 is 0 Å². The highest BCUT2D eigenvalue weighted by molar-refractivity contribution is 9.11. The van der Waals surface area contributed by atoms with E-state index in [4.69, 9.17) is 0 Å². The van der Waals surface area contributed by atoms with E-state index in [-0.39, 0.29) is 5.91 Å². The minimum Gasteiger partial charge on any atom is -0.341 e. The van der Waals surface area contributed by atoms with Gasteiger partial charge in [0.2, 0.25) is 0 Å². The summed E-state index contributed by atoms with van der Waals surface area (Å²) < 4.78 is 0.999. The predicted octanol–water partition coefficient (Wildman–Crippen LogP) is 3.24. The molecular weight excluding hydrogens is 262 g/mol. The first kappa shape index (κ1) is 11.7. The molecule has 0 aliphatic rings. The third-order valence-electron chi connectivity index (χ3n) is 1.77. The van der Waals surface area contributed by atoms with E-state index in [1.54, 1.807) is 4.90 Å². The van der Waals surface area contributed by atoms with Crippen molar-refractivity contribution in [3.8, 4) is 0 Å². The quantitative estimate of drug-likeness (QED) is 0.830. The molecule has 0 N–H and O–H groups in total. The number of hydrogen-bond acceptors (Lipinski definition) is 2. The molecule has 0 fully saturated rings. The zero-order valence-corrected chi connectivity index (χ0v) is 11.0. The van der Waals surface area contributed by atoms with Gasteiger partial charge in [-0.2, -0.15) is 0 Å². The monoisotopic (exact) mass is 275 g/mol. The Bertz CT molecular complexity index is 322. The van der Waals surface area contributed by atoms with Gasteiger partial charge in [-0.3, -0.25) is 4.79 Å². The fourth-order valence-electron chi connectivity index (χ4n) is 1.25. The van der Waals surface area contributed by atoms with Crippen LogP contribution in [-0.2, 0) is 0 Å². The molecule has 0 aliphatic heterocycles. The zero-order valence-electron chi connectivity index (χ0n) is 8.58. The zero-order chi connectivity index (χ0) is 10.7. The molecule has 0 atom stereocenters. The van der Waals surface area contributed by atoms with Crippen LogP contribution in [0.25, 0.3) is 0 Å². The molecule has 0 saturated carbocycles. The van der Waals surface area contributed by atoms with E-state index in [1.165, 1.54) is 11.3 Å². The number of carbonyl (C=O) groups excluding carboxylic acids is 1. The third kappa shape index (κ3) is 3.10. The van der Waals surface area contributed by atoms with Crippen LogP contribution in [0.15, 0.2) is 15.9 Å². The fourth-order valence-corrected chi connectivity index (χ4v) is 2.63. The summed E-state index contributed by atoms with van der Waals surface area (Å²) in [6.07, 6.45) is 0. The van der Waals surface area contributed by atoms with E-state index in [1.807, 2.05) is 19.2 Å². The Morgan fingerprint density at radius 1 is 1.57 bits per heavy atom. The molecule has 1 rings (SSSR count). The average Bonchev–Trinajstić information content (AvgIpc) is 2.49. The van der Waals surface area contributed by atoms with E-state index in [0.29, 0.717) is 5.92 Å². The molecule has 0 radical (unpaired) electrons. The maximum absolute atomic E-state index is 11.8. The van der Waals surface area contributed by atoms with E-state index in [2.05, 4.69) is 29.8 Å². The molecule has 0 spiro atoms. The average molecular weight is 276 g/mol. The van der Waals surface area contributed by atoms with Crippen molar-refractivity contribution in [2.45, 2.75) is 13.8 Å². The van der Waals surface area contributed by atoms with Crippen LogP contribution in [0.2, 0.25) is 0 Å². The summed E-state index contributed by atoms with van der Waals surface area (Å²) in [5.41, 5.74) is 0. The molecule has 0 aromatic carbocycles. The normalized spacial score (nSPS) is 10.6. The molecular formula is C10H14BrNOS. The molecule has 1 heterocycles. The van der Waals surface area contributed by atoms with Crippen LogP contribution in [0.3, 0.4) is 0 Å². The smallest absolute Gasteiger partial charge is 0.263 e. The van der Waals surface area contributed by atoms with Crippen molar-refractivity contribution in [1.82, 2.24) is 4.90 Å². The highest BCUT2D eigenvalue weighted by Crippen LogP contribution is 2.23. The molecule has 4 heteroatoms. The Balaban J connectivity index is 2.65. The minimum atomic E-state index is 0.106. The number of rotatable bonds is 3. The highest BCUT2D eigenvalue weighted by Gasteiger charge is 2.14. The highest BCUT2D eigenvalue weighted by atomic mass is 79.9. The Labute approximate surface area is 97.1 Å². The van der Waals surface area contributed by atoms with Crippen LogP contribution < -0.4 is 0 Å². The minimum absolute atomic E-state index is 0.106. The molecule has 1 aromatic rings. The van der Waals surface area contributed by atoms with Gasteiger partial charge in [-0.25, -0.2) is 0 Å². The van der Waals surface area contributed by atoms with Crippen LogP contribution in [-0.4, -0.2) is 24.4 Å². The predicted molar refractivity (Wildman–Crippen MR) is 63.8 cm³/mol. The molecule has 78 valence electrons. The van der Waals surface area contributed by atoms with Gasteiger partial charge in [0.1, 0.15) is 0 Å². The number of hydrogen-bond donors (Lipinski definition) is 0. The molecule has 0 aliphatic carbocycles. The van der Waals surface area contributed by atoms with Gasteiger partial charge in [0.15, 0.2) is 0 Å². The number of nitrogens with zero attached hydrogens (tertiary/aromatic N) is 1. The van der Waals surface area contributed by atoms with Gasteiger partial charge in [0, 0.05) is 13.6 Å². The standard InChI is InChI=1S/C10H14BrNOS/c1-7(2)6-12(3)10(13)8-4-5-9(11)14-8/h4-5,7H,6H2,1-3H3. The first-order chi connectivity index (χ1) is 6.50. The van der Waals surface area contributed by atoms with E-state index in [0.717, 1.165) is 15.2 Å². The Morgan fingerprint density at radius 3 is 2.64 bits per heavy atom. The Kier molecular flexibility index (Phi) is 4.13. The first-order valence-corrected chi connectivity index (χ1v) is 6.12. The van der Waals surface area contributed by atoms with Crippen LogP contribution in [0.1, 0.15) is 23.5 Å². The van der Waals surface area contributed by atoms with Crippen molar-refractivity contribution in [3.63, 3.8) is 0 Å². The van der Waals surface area contributed by atoms with E-state index < -0.39 is 0 Å². The number of amides is 1. The van der Waals surface area contributed by atoms with Crippen LogP contribution >= 0.6 is 27.3 Å². The van der Waals surface area contributed by atoms with Crippen molar-refractivity contribution < 1.29 is 4.79 Å². The summed E-state index contributed by atoms with van der Waals surface area (Å²) in [7, 11) is 1.84. The maximum Gasteiger partial charge on any atom is 0.263 e. The number of halogens is 1. The molecule has 14 heavy (non-hydrogen) atoms. The Morgan fingerprint density at radius 2 is 2.21 bits per heavy atom. The van der Waals surface area contributed by atoms with Crippen molar-refractivity contribution in [1.29, 1.82) is 0 Å². The summed E-state index contributed by atoms with van der Waals surface area (Å²) in [5.74, 6) is 0.613. The molecule has 2 nitrogen and oxygen atoms in total. The summed E-state index contributed by atoms with van der Waals surface area (Å²) >= 11 is 4.82. The van der Waals surface area contributed by atoms with Gasteiger partial charge in [-0.15, -0.1) is 11.3 Å². The molecule has 1 amide bonds. The lowest BCUT2D eigenvalue weighted by atomic mass is 10.2. The summed E-state index contributed by atoms with van der Waals surface area (Å²) in [6, 6.07) is 3.76. The second-order valence-corrected chi connectivity index (χ2v) is 6.15. The second-order valence-electron chi connectivity index (χ2n) is 3.68. The Hall–Kier alpha value is -0.350. The van der Waals surface area contributed by atoms with Crippen LogP contribution in [0, 0.1) is 5.92 Å². The summed E-state index contributed by atoms with van der Waals surface area (Å²) in [5, 5.41) is 0. The van der Waals surface area contributed by atoms with Crippen molar-refractivity contribution in [3.05, 3.63) is 20.8 Å². The molecule has 1 aromatic heterocycles. The van der Waals surface area contributed by atoms with Gasteiger partial charge >= 0.3 is 0 Å². The van der Waals surface area contributed by atoms with Gasteiger partial charge < -0.3 is 4.90 Å². The lowest BCUT2D eigenvalue weighted by molar-refractivity contribution is 0.0784. The first-order valence-electron chi connectivity index (χ1n) is 4.51. The van der Waals surface area contributed by atoms with Crippen molar-refractivity contribution in [2.24, 2.45) is 5.92 Å². The second kappa shape index (κ2) is 4.94. The van der Waals surface area contributed by atoms with Crippen molar-refractivity contribution >= 4 is 33.2 Å². The van der Waals surface area contributed by atoms with E-state index in [9.17, 15) is 4.79 Å². The number of thiophene rings is 1. The fraction of sp³-hybridized carbons (Fsp3) is 0.500. The van der Waals surface area contributed by atoms with Gasteiger partial charge in [-0.1, -0.05) is 13.8 Å². The van der Waals surface area contributed by atoms with Crippen LogP contribution in [0.4, 0.5) is 0 Å². The lowest BCUT2D eigenvalue weighted by Gasteiger charge is -2.18. The van der Waals surface area contributed by atoms with Crippen molar-refractivity contribution in [2.75, 3.05) is 13.6 Å². The largest absolute Gasteiger partial charge is 0.341 e. The van der Waals surface area contributed by atoms with Gasteiger partial charge in [0.05, 0.1) is 8.66 Å². The van der Waals surface area contributed by atoms with Gasteiger partial charge in [-0.05, 0) is 34.0 Å². The topological polar surface area (TPSA) is 20.3 Å². The maximum atomic E-state index is 11.8. The van der Waals surface area contributed by atoms with Gasteiger partial charge in [0.25, 0.3) is 5.91 Å². The van der Waals surface area contributed by atoms with Crippen LogP contribution in [0.5, 0.6) is 0 Å². The third-order valence-corrected chi connectivity index (χ3v) is 3.38. The summed E-state index contributed by atoms with van der Waals surface area (Å²) in [6.45, 7) is 5.01. The number of carbonyl (C=O) groups is 1. The summed E-state index contributed by atoms with van der Waals surface area (Å²) in [4.78, 5) is 14.4. The SMILES string of the molecule is CC(C)CN(C)C(=O)c1ccc(Br)s1. The molecule has 0 unspecified atom stereocenters.